The molecule has 0 unspecified atom stereocenters. The van der Waals surface area contributed by atoms with E-state index < -0.39 is 0 Å². The molecular formula is C16H19FN6O. The average Bonchev–Trinajstić information content (AvgIpc) is 2.95. The third-order valence-electron chi connectivity index (χ3n) is 3.51. The van der Waals surface area contributed by atoms with Gasteiger partial charge in [-0.05, 0) is 30.7 Å². The first-order chi connectivity index (χ1) is 11.7. The van der Waals surface area contributed by atoms with Crippen LogP contribution in [0.2, 0.25) is 0 Å². The molecule has 24 heavy (non-hydrogen) atoms. The van der Waals surface area contributed by atoms with Gasteiger partial charge >= 0.3 is 0 Å². The Morgan fingerprint density at radius 3 is 2.75 bits per heavy atom. The fraction of sp³-hybridized carbons (Fsp3) is 0.312. The fourth-order valence-corrected chi connectivity index (χ4v) is 2.28. The summed E-state index contributed by atoms with van der Waals surface area (Å²) in [7, 11) is 3.49. The van der Waals surface area contributed by atoms with Crippen molar-refractivity contribution in [2.75, 3.05) is 30.9 Å². The molecule has 2 N–H and O–H groups in total. The zero-order valence-corrected chi connectivity index (χ0v) is 13.6. The molecule has 0 spiro atoms. The number of nitrogens with zero attached hydrogens (tertiary/aromatic N) is 4. The van der Waals surface area contributed by atoms with E-state index in [9.17, 15) is 4.39 Å². The van der Waals surface area contributed by atoms with E-state index in [1.54, 1.807) is 30.1 Å². The Morgan fingerprint density at radius 1 is 1.21 bits per heavy atom. The summed E-state index contributed by atoms with van der Waals surface area (Å²) in [4.78, 5) is 8.99. The van der Waals surface area contributed by atoms with Gasteiger partial charge in [0.1, 0.15) is 11.6 Å². The number of hydrogen-bond donors (Lipinski definition) is 2. The molecule has 8 heteroatoms. The van der Waals surface area contributed by atoms with Gasteiger partial charge in [-0.25, -0.2) is 4.39 Å². The largest absolute Gasteiger partial charge is 0.385 e. The van der Waals surface area contributed by atoms with Crippen molar-refractivity contribution in [2.45, 2.75) is 6.42 Å². The van der Waals surface area contributed by atoms with Gasteiger partial charge in [0.15, 0.2) is 5.65 Å². The number of nitrogens with one attached hydrogen (secondary N) is 2. The maximum atomic E-state index is 13.1. The van der Waals surface area contributed by atoms with E-state index in [1.165, 1.54) is 12.1 Å². The highest BCUT2D eigenvalue weighted by atomic mass is 19.1. The Morgan fingerprint density at radius 2 is 2.00 bits per heavy atom. The molecule has 126 valence electrons. The highest BCUT2D eigenvalue weighted by Crippen LogP contribution is 2.24. The van der Waals surface area contributed by atoms with Crippen molar-refractivity contribution in [2.24, 2.45) is 7.05 Å². The molecule has 0 amide bonds. The monoisotopic (exact) mass is 330 g/mol. The van der Waals surface area contributed by atoms with Crippen LogP contribution in [0.1, 0.15) is 6.42 Å². The number of aromatic nitrogens is 4. The van der Waals surface area contributed by atoms with Gasteiger partial charge in [-0.1, -0.05) is 0 Å². The molecule has 0 saturated carbocycles. The summed E-state index contributed by atoms with van der Waals surface area (Å²) in [6.07, 6.45) is 2.56. The van der Waals surface area contributed by atoms with Crippen LogP contribution in [0.5, 0.6) is 0 Å². The molecule has 1 aromatic carbocycles. The molecule has 0 aliphatic heterocycles. The number of ether oxygens (including phenoxy) is 1. The molecule has 3 aromatic rings. The van der Waals surface area contributed by atoms with Crippen LogP contribution < -0.4 is 10.6 Å². The summed E-state index contributed by atoms with van der Waals surface area (Å²) in [5.74, 6) is 0.844. The molecule has 0 saturated heterocycles. The molecule has 3 rings (SSSR count). The van der Waals surface area contributed by atoms with Crippen molar-refractivity contribution in [1.29, 1.82) is 0 Å². The molecule has 0 aliphatic rings. The molecule has 2 aromatic heterocycles. The van der Waals surface area contributed by atoms with Crippen LogP contribution in [0.15, 0.2) is 30.5 Å². The molecule has 0 atom stereocenters. The Labute approximate surface area is 138 Å². The van der Waals surface area contributed by atoms with Crippen molar-refractivity contribution in [3.63, 3.8) is 0 Å². The van der Waals surface area contributed by atoms with Crippen LogP contribution in [-0.2, 0) is 11.8 Å². The Hall–Kier alpha value is -2.74. The van der Waals surface area contributed by atoms with Crippen molar-refractivity contribution in [3.8, 4) is 0 Å². The van der Waals surface area contributed by atoms with Crippen LogP contribution in [0, 0.1) is 5.82 Å². The van der Waals surface area contributed by atoms with Crippen molar-refractivity contribution in [1.82, 2.24) is 19.7 Å². The lowest BCUT2D eigenvalue weighted by Gasteiger charge is -2.10. The van der Waals surface area contributed by atoms with Crippen LogP contribution >= 0.6 is 0 Å². The van der Waals surface area contributed by atoms with Gasteiger partial charge in [0.05, 0.1) is 11.6 Å². The predicted molar refractivity (Wildman–Crippen MR) is 91.0 cm³/mol. The van der Waals surface area contributed by atoms with Gasteiger partial charge in [0.2, 0.25) is 5.95 Å². The maximum absolute atomic E-state index is 13.1. The summed E-state index contributed by atoms with van der Waals surface area (Å²) in [6.45, 7) is 1.37. The van der Waals surface area contributed by atoms with Gasteiger partial charge in [0.25, 0.3) is 0 Å². The summed E-state index contributed by atoms with van der Waals surface area (Å²) >= 11 is 0. The minimum Gasteiger partial charge on any atom is -0.385 e. The van der Waals surface area contributed by atoms with E-state index in [1.807, 2.05) is 7.05 Å². The van der Waals surface area contributed by atoms with Crippen LogP contribution in [0.25, 0.3) is 11.0 Å². The van der Waals surface area contributed by atoms with Crippen molar-refractivity contribution >= 4 is 28.5 Å². The number of rotatable bonds is 7. The van der Waals surface area contributed by atoms with Gasteiger partial charge in [-0.3, -0.25) is 4.68 Å². The summed E-state index contributed by atoms with van der Waals surface area (Å²) in [5.41, 5.74) is 1.45. The molecule has 0 fully saturated rings. The molecule has 0 aliphatic carbocycles. The maximum Gasteiger partial charge on any atom is 0.226 e. The van der Waals surface area contributed by atoms with Gasteiger partial charge < -0.3 is 15.4 Å². The highest BCUT2D eigenvalue weighted by Gasteiger charge is 2.11. The standard InChI is InChI=1S/C16H19FN6O/c1-23-15-13(10-19-23)14(20-12-6-4-11(17)5-7-12)21-16(22-15)18-8-3-9-24-2/h4-7,10H,3,8-9H2,1-2H3,(H2,18,20,21,22). The van der Waals surface area contributed by atoms with Gasteiger partial charge in [0, 0.05) is 33.0 Å². The fourth-order valence-electron chi connectivity index (χ4n) is 2.28. The number of aryl methyl sites for hydroxylation is 1. The summed E-state index contributed by atoms with van der Waals surface area (Å²) < 4.78 is 19.8. The van der Waals surface area contributed by atoms with Gasteiger partial charge in [-0.15, -0.1) is 0 Å². The quantitative estimate of drug-likeness (QED) is 0.649. The normalized spacial score (nSPS) is 11.0. The Kier molecular flexibility index (Phi) is 4.85. The number of anilines is 3. The summed E-state index contributed by atoms with van der Waals surface area (Å²) in [6, 6.07) is 6.11. The zero-order chi connectivity index (χ0) is 16.9. The van der Waals surface area contributed by atoms with Crippen LogP contribution in [0.3, 0.4) is 0 Å². The average molecular weight is 330 g/mol. The second-order valence-electron chi connectivity index (χ2n) is 5.31. The lowest BCUT2D eigenvalue weighted by Crippen LogP contribution is -2.09. The number of benzene rings is 1. The van der Waals surface area contributed by atoms with E-state index in [0.717, 1.165) is 17.5 Å². The minimum atomic E-state index is -0.282. The topological polar surface area (TPSA) is 76.9 Å². The van der Waals surface area contributed by atoms with Gasteiger partial charge in [-0.2, -0.15) is 15.1 Å². The molecule has 2 heterocycles. The number of hydrogen-bond acceptors (Lipinski definition) is 6. The first-order valence-corrected chi connectivity index (χ1v) is 7.62. The third-order valence-corrected chi connectivity index (χ3v) is 3.51. The Bertz CT molecular complexity index is 817. The molecule has 0 bridgehead atoms. The van der Waals surface area contributed by atoms with Crippen LogP contribution in [0.4, 0.5) is 21.8 Å². The number of fused-ring (bicyclic) bond motifs is 1. The third kappa shape index (κ3) is 3.60. The van der Waals surface area contributed by atoms with E-state index >= 15 is 0 Å². The molecule has 7 nitrogen and oxygen atoms in total. The number of methoxy groups -OCH3 is 1. The SMILES string of the molecule is COCCCNc1nc(Nc2ccc(F)cc2)c2cnn(C)c2n1. The van der Waals surface area contributed by atoms with E-state index in [0.29, 0.717) is 30.6 Å². The van der Waals surface area contributed by atoms with E-state index in [-0.39, 0.29) is 5.82 Å². The van der Waals surface area contributed by atoms with E-state index in [2.05, 4.69) is 25.7 Å². The zero-order valence-electron chi connectivity index (χ0n) is 13.6. The minimum absolute atomic E-state index is 0.282. The van der Waals surface area contributed by atoms with Crippen molar-refractivity contribution in [3.05, 3.63) is 36.3 Å². The Balaban J connectivity index is 1.88. The summed E-state index contributed by atoms with van der Waals surface area (Å²) in [5, 5.41) is 11.4. The highest BCUT2D eigenvalue weighted by molar-refractivity contribution is 5.89. The van der Waals surface area contributed by atoms with E-state index in [4.69, 9.17) is 4.74 Å². The second kappa shape index (κ2) is 7.22. The first kappa shape index (κ1) is 16.1. The lowest BCUT2D eigenvalue weighted by atomic mass is 10.3. The predicted octanol–water partition coefficient (Wildman–Crippen LogP) is 2.69. The smallest absolute Gasteiger partial charge is 0.226 e. The van der Waals surface area contributed by atoms with Crippen molar-refractivity contribution < 1.29 is 9.13 Å². The second-order valence-corrected chi connectivity index (χ2v) is 5.31. The first-order valence-electron chi connectivity index (χ1n) is 7.62. The molecule has 0 radical (unpaired) electrons. The lowest BCUT2D eigenvalue weighted by molar-refractivity contribution is 0.197. The molecular weight excluding hydrogens is 311 g/mol. The van der Waals surface area contributed by atoms with Crippen LogP contribution in [-0.4, -0.2) is 40.0 Å². The number of halogens is 1.